The molecule has 0 aromatic rings. The summed E-state index contributed by atoms with van der Waals surface area (Å²) in [4.78, 5) is 0. The van der Waals surface area contributed by atoms with E-state index in [-0.39, 0.29) is 0 Å². The van der Waals surface area contributed by atoms with Crippen molar-refractivity contribution in [3.05, 3.63) is 0 Å². The van der Waals surface area contributed by atoms with E-state index in [0.29, 0.717) is 0 Å². The summed E-state index contributed by atoms with van der Waals surface area (Å²) >= 11 is 0. The van der Waals surface area contributed by atoms with Crippen LogP contribution < -0.4 is 0 Å². The van der Waals surface area contributed by atoms with Crippen molar-refractivity contribution in [2.45, 2.75) is 6.22 Å². The normalized spacial score (nSPS) is 7.11. The van der Waals surface area contributed by atoms with Gasteiger partial charge in [-0.1, -0.05) is 0 Å². The molecule has 0 saturated carbocycles. The van der Waals surface area contributed by atoms with Crippen molar-refractivity contribution in [2.75, 3.05) is 0 Å². The monoisotopic (exact) mass is 112 g/mol. The maximum Gasteiger partial charge on any atom is 0.0688 e. The summed E-state index contributed by atoms with van der Waals surface area (Å²) in [5, 5.41) is 0. The van der Waals surface area contributed by atoms with Gasteiger partial charge in [0.15, 0.2) is 0 Å². The summed E-state index contributed by atoms with van der Waals surface area (Å²) in [6.07, 6.45) is 1.45. The molecule has 0 unspecified atom stereocenters. The van der Waals surface area contributed by atoms with E-state index in [1.165, 1.54) is 48.8 Å². The Morgan fingerprint density at radius 1 is 0.889 bits per heavy atom. The first-order chi connectivity index (χ1) is 4.41. The molecule has 0 aliphatic carbocycles. The predicted molar refractivity (Wildman–Crippen MR) is 64.8 cm³/mol. The quantitative estimate of drug-likeness (QED) is 0.237. The molecular weight excluding hydrogens is 98.5 g/mol. The summed E-state index contributed by atoms with van der Waals surface area (Å²) in [7, 11) is 13.0. The Morgan fingerprint density at radius 3 is 2.22 bits per heavy atom. The first-order valence-corrected chi connectivity index (χ1v) is 4.41. The molecule has 0 fully saturated rings. The molecule has 0 aromatic carbocycles. The van der Waals surface area contributed by atoms with Crippen molar-refractivity contribution in [1.82, 2.24) is 0 Å². The molecule has 0 atom stereocenters. The highest BCUT2D eigenvalue weighted by molar-refractivity contribution is 7.52. The van der Waals surface area contributed by atoms with E-state index >= 15 is 0 Å². The maximum absolute atomic E-state index is 2.26. The van der Waals surface area contributed by atoms with Gasteiger partial charge < -0.3 is 0 Å². The molecule has 0 rings (SSSR count). The van der Waals surface area contributed by atoms with E-state index in [0.717, 1.165) is 0 Å². The zero-order chi connectivity index (χ0) is 6.95. The smallest absolute Gasteiger partial charge is 0.0688 e. The van der Waals surface area contributed by atoms with Gasteiger partial charge in [0.1, 0.15) is 0 Å². The fourth-order valence-electron chi connectivity index (χ4n) is 1.03. The zero-order valence-electron chi connectivity index (χ0n) is 6.95. The topological polar surface area (TPSA) is 0 Å². The van der Waals surface area contributed by atoms with Crippen LogP contribution in [0, 0.1) is 0 Å². The average Bonchev–Trinajstić information content (AvgIpc) is 1.89. The maximum atomic E-state index is 2.26. The number of rotatable bonds is 6. The molecule has 0 amide bonds. The molecule has 0 radical (unpaired) electrons. The highest BCUT2D eigenvalue weighted by atomic mass is 13.1. The largest absolute Gasteiger partial charge is 0.115 e. The van der Waals surface area contributed by atoms with Crippen molar-refractivity contribution >= 4 is 58.1 Å². The third kappa shape index (κ3) is 8.52. The van der Waals surface area contributed by atoms with Gasteiger partial charge in [-0.3, -0.25) is 0 Å². The summed E-state index contributed by atoms with van der Waals surface area (Å²) in [5.41, 5.74) is 0. The molecular formula is CH12B8. The third-order valence-electron chi connectivity index (χ3n) is 1.71. The van der Waals surface area contributed by atoms with Crippen molar-refractivity contribution in [2.24, 2.45) is 0 Å². The van der Waals surface area contributed by atoms with Crippen molar-refractivity contribution in [1.29, 1.82) is 0 Å². The SMILES string of the molecule is BBBBBCBBB. The molecule has 9 heavy (non-hydrogen) atoms. The molecule has 0 aliphatic heterocycles. The third-order valence-corrected chi connectivity index (χ3v) is 1.71. The second-order valence-corrected chi connectivity index (χ2v) is 2.77. The fraction of sp³-hybridized carbons (Fsp3) is 1.00. The lowest BCUT2D eigenvalue weighted by Crippen LogP contribution is -2.21. The second kappa shape index (κ2) is 8.52. The molecule has 40 valence electrons. The van der Waals surface area contributed by atoms with Gasteiger partial charge in [-0.05, 0) is 0 Å². The van der Waals surface area contributed by atoms with Crippen LogP contribution in [0.15, 0.2) is 0 Å². The van der Waals surface area contributed by atoms with Crippen LogP contribution in [0.2, 0.25) is 6.22 Å². The van der Waals surface area contributed by atoms with E-state index in [4.69, 9.17) is 0 Å². The van der Waals surface area contributed by atoms with E-state index in [1.54, 1.807) is 0 Å². The van der Waals surface area contributed by atoms with Crippen LogP contribution in [0.25, 0.3) is 0 Å². The second-order valence-electron chi connectivity index (χ2n) is 2.77. The lowest BCUT2D eigenvalue weighted by molar-refractivity contribution is 2.10. The van der Waals surface area contributed by atoms with Crippen LogP contribution in [-0.4, -0.2) is 58.1 Å². The Balaban J connectivity index is 2.60. The first kappa shape index (κ1) is 9.52. The highest BCUT2D eigenvalue weighted by Crippen LogP contribution is 1.68. The molecule has 0 saturated heterocycles. The summed E-state index contributed by atoms with van der Waals surface area (Å²) in [6.45, 7) is 0. The van der Waals surface area contributed by atoms with Gasteiger partial charge in [0.2, 0.25) is 0 Å². The zero-order valence-corrected chi connectivity index (χ0v) is 6.95. The van der Waals surface area contributed by atoms with Crippen LogP contribution in [0.4, 0.5) is 0 Å². The Labute approximate surface area is 64.9 Å². The standard InChI is InChI=1S/CH12B8/c2-6-4-1-5-8-9-7-3/h4-9H,1-3H2. The van der Waals surface area contributed by atoms with Crippen molar-refractivity contribution in [3.8, 4) is 0 Å². The van der Waals surface area contributed by atoms with Gasteiger partial charge in [0.05, 0.1) is 36.9 Å². The summed E-state index contributed by atoms with van der Waals surface area (Å²) < 4.78 is 0. The van der Waals surface area contributed by atoms with Crippen molar-refractivity contribution < 1.29 is 0 Å². The number of hydrogen-bond acceptors (Lipinski definition) is 0. The molecule has 0 N–H and O–H groups in total. The summed E-state index contributed by atoms with van der Waals surface area (Å²) in [6, 6.07) is 0. The Kier molecular flexibility index (Phi) is 9.01. The molecule has 0 spiro atoms. The van der Waals surface area contributed by atoms with Crippen LogP contribution >= 0.6 is 0 Å². The van der Waals surface area contributed by atoms with E-state index in [9.17, 15) is 0 Å². The van der Waals surface area contributed by atoms with Gasteiger partial charge in [-0.25, -0.2) is 0 Å². The van der Waals surface area contributed by atoms with Crippen molar-refractivity contribution in [3.63, 3.8) is 0 Å². The first-order valence-electron chi connectivity index (χ1n) is 4.41. The highest BCUT2D eigenvalue weighted by Gasteiger charge is 1.93. The average molecular weight is 111 g/mol. The fourth-order valence-corrected chi connectivity index (χ4v) is 1.03. The summed E-state index contributed by atoms with van der Waals surface area (Å²) in [5.74, 6) is 0. The Morgan fingerprint density at radius 2 is 1.67 bits per heavy atom. The predicted octanol–water partition coefficient (Wildman–Crippen LogP) is -5.26. The molecule has 0 heterocycles. The van der Waals surface area contributed by atoms with Gasteiger partial charge in [-0.2, -0.15) is 0 Å². The lowest BCUT2D eigenvalue weighted by Gasteiger charge is -1.88. The van der Waals surface area contributed by atoms with Gasteiger partial charge in [-0.15, -0.1) is 6.22 Å². The lowest BCUT2D eigenvalue weighted by atomic mass is 9.02. The minimum atomic E-state index is 1.37. The van der Waals surface area contributed by atoms with E-state index in [1.807, 2.05) is 0 Å². The Hall–Kier alpha value is 0.519. The van der Waals surface area contributed by atoms with Crippen LogP contribution in [-0.2, 0) is 0 Å². The minimum absolute atomic E-state index is 1.37. The van der Waals surface area contributed by atoms with Gasteiger partial charge >= 0.3 is 0 Å². The molecule has 0 aliphatic rings. The van der Waals surface area contributed by atoms with Crippen LogP contribution in [0.3, 0.4) is 0 Å². The van der Waals surface area contributed by atoms with Gasteiger partial charge in [0, 0.05) is 21.2 Å². The minimum Gasteiger partial charge on any atom is -0.115 e. The number of hydrogen-bond donors (Lipinski definition) is 0. The van der Waals surface area contributed by atoms with Gasteiger partial charge in [0.25, 0.3) is 0 Å². The Bertz CT molecular complexity index is 37.8. The molecule has 0 nitrogen and oxygen atoms in total. The van der Waals surface area contributed by atoms with E-state index in [2.05, 4.69) is 15.5 Å². The van der Waals surface area contributed by atoms with Crippen LogP contribution in [0.5, 0.6) is 0 Å². The van der Waals surface area contributed by atoms with E-state index < -0.39 is 0 Å². The molecule has 0 aromatic heterocycles. The van der Waals surface area contributed by atoms with Crippen LogP contribution in [0.1, 0.15) is 0 Å². The molecule has 0 bridgehead atoms. The molecule has 8 heteroatoms.